The molecule has 9 heteroatoms. The minimum Gasteiger partial charge on any atom is -0.404 e. The Labute approximate surface area is 168 Å². The first-order chi connectivity index (χ1) is 14.4. The van der Waals surface area contributed by atoms with Crippen LogP contribution in [0.1, 0.15) is 11.1 Å². The number of benzene rings is 2. The Morgan fingerprint density at radius 1 is 0.833 bits per heavy atom. The van der Waals surface area contributed by atoms with E-state index in [2.05, 4.69) is 9.72 Å². The smallest absolute Gasteiger partial charge is 0.404 e. The average Bonchev–Trinajstić information content (AvgIpc) is 2.78. The summed E-state index contributed by atoms with van der Waals surface area (Å²) in [6.07, 6.45) is 2.09. The second kappa shape index (κ2) is 9.34. The number of hydrogen-bond donors (Lipinski definition) is 0. The molecule has 0 radical (unpaired) electrons. The zero-order valence-electron chi connectivity index (χ0n) is 15.4. The van der Waals surface area contributed by atoms with Crippen molar-refractivity contribution in [2.75, 3.05) is 6.54 Å². The predicted molar refractivity (Wildman–Crippen MR) is 97.0 cm³/mol. The van der Waals surface area contributed by atoms with Crippen LogP contribution in [0, 0.1) is 29.1 Å². The summed E-state index contributed by atoms with van der Waals surface area (Å²) in [5.74, 6) is -12.8. The maximum atomic E-state index is 13.9. The lowest BCUT2D eigenvalue weighted by molar-refractivity contribution is 0.144. The maximum absolute atomic E-state index is 13.9. The highest BCUT2D eigenvalue weighted by atomic mass is 19.2. The number of amides is 1. The monoisotopic (exact) mass is 422 g/mol. The van der Waals surface area contributed by atoms with Crippen molar-refractivity contribution >= 4 is 6.09 Å². The highest BCUT2D eigenvalue weighted by Crippen LogP contribution is 2.29. The van der Waals surface area contributed by atoms with Crippen LogP contribution in [0.3, 0.4) is 0 Å². The van der Waals surface area contributed by atoms with E-state index >= 15 is 0 Å². The van der Waals surface area contributed by atoms with Gasteiger partial charge in [0.05, 0.1) is 6.54 Å². The summed E-state index contributed by atoms with van der Waals surface area (Å²) in [4.78, 5) is 17.6. The second-order valence-electron chi connectivity index (χ2n) is 6.29. The van der Waals surface area contributed by atoms with E-state index < -0.39 is 40.9 Å². The van der Waals surface area contributed by atoms with Crippen molar-refractivity contribution in [3.8, 4) is 5.75 Å². The van der Waals surface area contributed by atoms with Gasteiger partial charge >= 0.3 is 6.09 Å². The molecule has 1 amide bonds. The van der Waals surface area contributed by atoms with Crippen LogP contribution in [0.15, 0.2) is 54.9 Å². The number of hydrogen-bond acceptors (Lipinski definition) is 3. The van der Waals surface area contributed by atoms with Gasteiger partial charge < -0.3 is 9.64 Å². The lowest BCUT2D eigenvalue weighted by Crippen LogP contribution is -2.35. The van der Waals surface area contributed by atoms with Crippen LogP contribution < -0.4 is 4.74 Å². The first-order valence-electron chi connectivity index (χ1n) is 8.79. The number of rotatable bonds is 6. The molecule has 1 aromatic heterocycles. The first-order valence-corrected chi connectivity index (χ1v) is 8.79. The Kier molecular flexibility index (Phi) is 6.61. The molecule has 0 fully saturated rings. The summed E-state index contributed by atoms with van der Waals surface area (Å²) in [6.45, 7) is 0.0159. The van der Waals surface area contributed by atoms with E-state index in [9.17, 15) is 26.7 Å². The number of ether oxygens (including phenoxy) is 1. The number of pyridine rings is 1. The fraction of sp³-hybridized carbons (Fsp3) is 0.143. The highest BCUT2D eigenvalue weighted by Gasteiger charge is 2.30. The van der Waals surface area contributed by atoms with Gasteiger partial charge in [-0.05, 0) is 23.6 Å². The molecular formula is C21H15F5N2O2. The standard InChI is InChI=1S/C21H15F5N2O2/c22-15-16(23)18(25)20(19(26)17(15)24)30-21(29)28(12-14-7-4-9-27-11-14)10-8-13-5-2-1-3-6-13/h1-7,9,11H,8,10,12H2. The third kappa shape index (κ3) is 4.73. The largest absolute Gasteiger partial charge is 0.415 e. The number of nitrogens with zero attached hydrogens (tertiary/aromatic N) is 2. The maximum Gasteiger partial charge on any atom is 0.415 e. The van der Waals surface area contributed by atoms with Gasteiger partial charge in [0.1, 0.15) is 0 Å². The first kappa shape index (κ1) is 21.2. The van der Waals surface area contributed by atoms with Gasteiger partial charge in [0.25, 0.3) is 0 Å². The average molecular weight is 422 g/mol. The Bertz CT molecular complexity index is 1000. The Hall–Kier alpha value is -3.49. The number of halogens is 5. The molecule has 0 spiro atoms. The van der Waals surface area contributed by atoms with Gasteiger partial charge in [0.15, 0.2) is 0 Å². The Morgan fingerprint density at radius 3 is 2.03 bits per heavy atom. The van der Waals surface area contributed by atoms with Gasteiger partial charge in [-0.15, -0.1) is 0 Å². The topological polar surface area (TPSA) is 42.4 Å². The van der Waals surface area contributed by atoms with Crippen LogP contribution >= 0.6 is 0 Å². The number of aromatic nitrogens is 1. The molecule has 0 saturated carbocycles. The van der Waals surface area contributed by atoms with Gasteiger partial charge in [0, 0.05) is 18.9 Å². The van der Waals surface area contributed by atoms with E-state index in [0.717, 1.165) is 10.5 Å². The lowest BCUT2D eigenvalue weighted by Gasteiger charge is -2.22. The van der Waals surface area contributed by atoms with Crippen LogP contribution in [0.25, 0.3) is 0 Å². The minimum absolute atomic E-state index is 0.0467. The third-order valence-corrected chi connectivity index (χ3v) is 4.23. The molecule has 3 aromatic rings. The van der Waals surface area contributed by atoms with E-state index in [0.29, 0.717) is 12.0 Å². The van der Waals surface area contributed by atoms with E-state index in [4.69, 9.17) is 0 Å². The molecule has 4 nitrogen and oxygen atoms in total. The Morgan fingerprint density at radius 2 is 1.43 bits per heavy atom. The Balaban J connectivity index is 1.84. The number of carbonyl (C=O) groups excluding carboxylic acids is 1. The summed E-state index contributed by atoms with van der Waals surface area (Å²) in [5.41, 5.74) is 1.46. The lowest BCUT2D eigenvalue weighted by atomic mass is 10.1. The van der Waals surface area contributed by atoms with Crippen molar-refractivity contribution in [2.45, 2.75) is 13.0 Å². The summed E-state index contributed by atoms with van der Waals surface area (Å²) >= 11 is 0. The summed E-state index contributed by atoms with van der Waals surface area (Å²) < 4.78 is 72.3. The molecule has 0 unspecified atom stereocenters. The third-order valence-electron chi connectivity index (χ3n) is 4.23. The molecule has 0 aliphatic rings. The van der Waals surface area contributed by atoms with Crippen molar-refractivity contribution in [1.82, 2.24) is 9.88 Å². The molecule has 0 bridgehead atoms. The fourth-order valence-electron chi connectivity index (χ4n) is 2.68. The van der Waals surface area contributed by atoms with Crippen LogP contribution in [0.2, 0.25) is 0 Å². The molecule has 30 heavy (non-hydrogen) atoms. The molecule has 0 atom stereocenters. The quantitative estimate of drug-likeness (QED) is 0.318. The molecule has 156 valence electrons. The zero-order chi connectivity index (χ0) is 21.7. The normalized spacial score (nSPS) is 10.7. The van der Waals surface area contributed by atoms with Gasteiger partial charge in [-0.3, -0.25) is 4.98 Å². The highest BCUT2D eigenvalue weighted by molar-refractivity contribution is 5.71. The molecule has 0 aliphatic carbocycles. The number of carbonyl (C=O) groups is 1. The van der Waals surface area contributed by atoms with Crippen molar-refractivity contribution in [2.24, 2.45) is 0 Å². The molecule has 0 aliphatic heterocycles. The predicted octanol–water partition coefficient (Wildman–Crippen LogP) is 5.02. The molecule has 2 aromatic carbocycles. The molecule has 0 saturated heterocycles. The van der Waals surface area contributed by atoms with Crippen molar-refractivity contribution in [1.29, 1.82) is 0 Å². The molecule has 0 N–H and O–H groups in total. The van der Waals surface area contributed by atoms with Crippen LogP contribution in [0.4, 0.5) is 26.7 Å². The van der Waals surface area contributed by atoms with Gasteiger partial charge in [0.2, 0.25) is 34.8 Å². The minimum atomic E-state index is -2.33. The summed E-state index contributed by atoms with van der Waals surface area (Å²) in [6, 6.07) is 12.3. The fourth-order valence-corrected chi connectivity index (χ4v) is 2.68. The van der Waals surface area contributed by atoms with Crippen LogP contribution in [-0.4, -0.2) is 22.5 Å². The summed E-state index contributed by atoms with van der Waals surface area (Å²) in [5, 5.41) is 0. The second-order valence-corrected chi connectivity index (χ2v) is 6.29. The van der Waals surface area contributed by atoms with Crippen LogP contribution in [-0.2, 0) is 13.0 Å². The zero-order valence-corrected chi connectivity index (χ0v) is 15.4. The molecular weight excluding hydrogens is 407 g/mol. The molecule has 3 rings (SSSR count). The molecule has 1 heterocycles. The summed E-state index contributed by atoms with van der Waals surface area (Å²) in [7, 11) is 0. The SMILES string of the molecule is O=C(Oc1c(F)c(F)c(F)c(F)c1F)N(CCc1ccccc1)Cc1cccnc1. The van der Waals surface area contributed by atoms with E-state index in [1.165, 1.54) is 12.4 Å². The van der Waals surface area contributed by atoms with E-state index in [1.807, 2.05) is 18.2 Å². The van der Waals surface area contributed by atoms with Gasteiger partial charge in [-0.1, -0.05) is 36.4 Å². The van der Waals surface area contributed by atoms with Gasteiger partial charge in [-0.25, -0.2) is 18.0 Å². The van der Waals surface area contributed by atoms with E-state index in [-0.39, 0.29) is 13.1 Å². The van der Waals surface area contributed by atoms with Crippen molar-refractivity contribution in [3.05, 3.63) is 95.1 Å². The van der Waals surface area contributed by atoms with Gasteiger partial charge in [-0.2, -0.15) is 8.78 Å². The van der Waals surface area contributed by atoms with Crippen LogP contribution in [0.5, 0.6) is 5.75 Å². The van der Waals surface area contributed by atoms with Crippen molar-refractivity contribution < 1.29 is 31.5 Å². The van der Waals surface area contributed by atoms with E-state index in [1.54, 1.807) is 24.3 Å². The van der Waals surface area contributed by atoms with Crippen molar-refractivity contribution in [3.63, 3.8) is 0 Å².